The average Bonchev–Trinajstić information content (AvgIpc) is 1.63. The fourth-order valence-electron chi connectivity index (χ4n) is 1.09. The van der Waals surface area contributed by atoms with Crippen LogP contribution in [0.4, 0.5) is 0 Å². The van der Waals surface area contributed by atoms with Gasteiger partial charge < -0.3 is 0 Å². The summed E-state index contributed by atoms with van der Waals surface area (Å²) >= 11 is 0. The molecule has 0 N–H and O–H groups in total. The summed E-state index contributed by atoms with van der Waals surface area (Å²) in [4.78, 5) is 0. The molecule has 0 aromatic heterocycles. The van der Waals surface area contributed by atoms with Crippen LogP contribution in [0.2, 0.25) is 0 Å². The molecule has 0 saturated carbocycles. The van der Waals surface area contributed by atoms with E-state index in [1.807, 2.05) is 0 Å². The van der Waals surface area contributed by atoms with Crippen LogP contribution < -0.4 is 0 Å². The molecule has 0 aromatic rings. The molecule has 0 fully saturated rings. The zero-order chi connectivity index (χ0) is 7.28. The molecule has 0 nitrogen and oxygen atoms in total. The van der Waals surface area contributed by atoms with Crippen molar-refractivity contribution in [2.24, 2.45) is 11.8 Å². The third-order valence-electron chi connectivity index (χ3n) is 1.34. The predicted molar refractivity (Wildman–Crippen MR) is 42.1 cm³/mol. The minimum atomic E-state index is 0.704. The van der Waals surface area contributed by atoms with Gasteiger partial charge in [-0.25, -0.2) is 0 Å². The van der Waals surface area contributed by atoms with E-state index in [-0.39, 0.29) is 0 Å². The van der Waals surface area contributed by atoms with E-state index in [9.17, 15) is 0 Å². The lowest BCUT2D eigenvalue weighted by Crippen LogP contribution is -1.98. The van der Waals surface area contributed by atoms with Crippen LogP contribution in [0.5, 0.6) is 0 Å². The molecule has 9 heavy (non-hydrogen) atoms. The van der Waals surface area contributed by atoms with E-state index < -0.39 is 0 Å². The van der Waals surface area contributed by atoms with Gasteiger partial charge in [0.25, 0.3) is 0 Å². The van der Waals surface area contributed by atoms with E-state index in [4.69, 9.17) is 6.42 Å². The fraction of sp³-hybridized carbons (Fsp3) is 0.778. The maximum absolute atomic E-state index is 5.16. The van der Waals surface area contributed by atoms with Gasteiger partial charge in [-0.15, -0.1) is 12.3 Å². The summed E-state index contributed by atoms with van der Waals surface area (Å²) in [6.45, 7) is 6.67. The highest BCUT2D eigenvalue weighted by atomic mass is 14.1. The molecule has 52 valence electrons. The van der Waals surface area contributed by atoms with E-state index in [0.717, 1.165) is 12.3 Å². The Hall–Kier alpha value is -0.440. The molecule has 0 heteroatoms. The van der Waals surface area contributed by atoms with Crippen molar-refractivity contribution in [3.8, 4) is 12.3 Å². The first kappa shape index (κ1) is 8.56. The van der Waals surface area contributed by atoms with Crippen LogP contribution >= 0.6 is 0 Å². The van der Waals surface area contributed by atoms with Crippen molar-refractivity contribution < 1.29 is 0 Å². The van der Waals surface area contributed by atoms with Crippen LogP contribution in [0, 0.1) is 24.2 Å². The first-order valence-electron chi connectivity index (χ1n) is 3.60. The van der Waals surface area contributed by atoms with Crippen molar-refractivity contribution in [2.75, 3.05) is 0 Å². The van der Waals surface area contributed by atoms with Crippen molar-refractivity contribution in [3.63, 3.8) is 0 Å². The summed E-state index contributed by atoms with van der Waals surface area (Å²) in [6, 6.07) is 0. The summed E-state index contributed by atoms with van der Waals surface area (Å²) in [5.41, 5.74) is 0. The quantitative estimate of drug-likeness (QED) is 0.507. The third-order valence-corrected chi connectivity index (χ3v) is 1.34. The van der Waals surface area contributed by atoms with Crippen LogP contribution in [0.3, 0.4) is 0 Å². The zero-order valence-electron chi connectivity index (χ0n) is 6.65. The molecule has 0 amide bonds. The average molecular weight is 124 g/mol. The first-order valence-corrected chi connectivity index (χ1v) is 3.60. The van der Waals surface area contributed by atoms with Gasteiger partial charge in [0.05, 0.1) is 0 Å². The number of rotatable bonds is 3. The summed E-state index contributed by atoms with van der Waals surface area (Å²) in [6.07, 6.45) is 7.34. The maximum Gasteiger partial charge on any atom is 0.0112 e. The van der Waals surface area contributed by atoms with Crippen molar-refractivity contribution >= 4 is 0 Å². The van der Waals surface area contributed by atoms with Gasteiger partial charge in [0.15, 0.2) is 0 Å². The van der Waals surface area contributed by atoms with Gasteiger partial charge in [0.1, 0.15) is 0 Å². The van der Waals surface area contributed by atoms with Crippen molar-refractivity contribution in [1.82, 2.24) is 0 Å². The molecule has 0 heterocycles. The molecule has 1 atom stereocenters. The molecule has 0 saturated heterocycles. The van der Waals surface area contributed by atoms with Crippen LogP contribution in [0.25, 0.3) is 0 Å². The van der Waals surface area contributed by atoms with Crippen molar-refractivity contribution in [1.29, 1.82) is 0 Å². The largest absolute Gasteiger partial charge is 0.120 e. The topological polar surface area (TPSA) is 0 Å². The molecule has 0 spiro atoms. The van der Waals surface area contributed by atoms with Crippen LogP contribution in [0.15, 0.2) is 0 Å². The number of terminal acetylenes is 1. The molecule has 0 aliphatic carbocycles. The van der Waals surface area contributed by atoms with E-state index in [0.29, 0.717) is 5.92 Å². The lowest BCUT2D eigenvalue weighted by atomic mass is 9.97. The predicted octanol–water partition coefficient (Wildman–Crippen LogP) is 2.69. The highest BCUT2D eigenvalue weighted by Crippen LogP contribution is 2.12. The second kappa shape index (κ2) is 4.44. The van der Waals surface area contributed by atoms with Gasteiger partial charge in [-0.1, -0.05) is 20.8 Å². The molecule has 0 aliphatic heterocycles. The molecule has 0 unspecified atom stereocenters. The van der Waals surface area contributed by atoms with Crippen molar-refractivity contribution in [2.45, 2.75) is 33.6 Å². The van der Waals surface area contributed by atoms with Gasteiger partial charge in [0, 0.05) is 6.42 Å². The highest BCUT2D eigenvalue weighted by molar-refractivity contribution is 4.85. The second-order valence-corrected chi connectivity index (χ2v) is 3.14. The van der Waals surface area contributed by atoms with Crippen LogP contribution in [-0.4, -0.2) is 0 Å². The van der Waals surface area contributed by atoms with E-state index in [1.165, 1.54) is 6.42 Å². The Morgan fingerprint density at radius 2 is 1.89 bits per heavy atom. The molecule has 0 aliphatic rings. The number of hydrogen-bond donors (Lipinski definition) is 0. The lowest BCUT2D eigenvalue weighted by Gasteiger charge is -2.09. The zero-order valence-corrected chi connectivity index (χ0v) is 6.65. The van der Waals surface area contributed by atoms with Gasteiger partial charge in [-0.3, -0.25) is 0 Å². The first-order chi connectivity index (χ1) is 4.16. The van der Waals surface area contributed by atoms with Gasteiger partial charge in [-0.2, -0.15) is 0 Å². The number of hydrogen-bond acceptors (Lipinski definition) is 0. The maximum atomic E-state index is 5.16. The fourth-order valence-corrected chi connectivity index (χ4v) is 1.09. The standard InChI is InChI=1S/C9H16/c1-5-6-9(4)7-8(2)3/h1,8-9H,6-7H2,2-4H3/t9-/m0/s1. The van der Waals surface area contributed by atoms with E-state index >= 15 is 0 Å². The summed E-state index contributed by atoms with van der Waals surface area (Å²) in [7, 11) is 0. The minimum Gasteiger partial charge on any atom is -0.120 e. The Labute approximate surface area is 58.7 Å². The summed E-state index contributed by atoms with van der Waals surface area (Å²) in [5.74, 6) is 4.16. The van der Waals surface area contributed by atoms with Gasteiger partial charge in [-0.05, 0) is 18.3 Å². The Balaban J connectivity index is 3.29. The summed E-state index contributed by atoms with van der Waals surface area (Å²) < 4.78 is 0. The van der Waals surface area contributed by atoms with Crippen molar-refractivity contribution in [3.05, 3.63) is 0 Å². The Kier molecular flexibility index (Phi) is 4.22. The molecular formula is C9H16. The molecule has 0 aromatic carbocycles. The van der Waals surface area contributed by atoms with Gasteiger partial charge >= 0.3 is 0 Å². The Morgan fingerprint density at radius 3 is 2.22 bits per heavy atom. The van der Waals surface area contributed by atoms with E-state index in [2.05, 4.69) is 26.7 Å². The molecule has 0 rings (SSSR count). The summed E-state index contributed by atoms with van der Waals surface area (Å²) in [5, 5.41) is 0. The van der Waals surface area contributed by atoms with Crippen LogP contribution in [0.1, 0.15) is 33.6 Å². The van der Waals surface area contributed by atoms with E-state index in [1.54, 1.807) is 0 Å². The van der Waals surface area contributed by atoms with Gasteiger partial charge in [0.2, 0.25) is 0 Å². The SMILES string of the molecule is C#CC[C@H](C)CC(C)C. The third kappa shape index (κ3) is 5.43. The van der Waals surface area contributed by atoms with Crippen LogP contribution in [-0.2, 0) is 0 Å². The smallest absolute Gasteiger partial charge is 0.0112 e. The normalized spacial score (nSPS) is 13.2. The Morgan fingerprint density at radius 1 is 1.33 bits per heavy atom. The second-order valence-electron chi connectivity index (χ2n) is 3.14. The molecular weight excluding hydrogens is 108 g/mol. The Bertz CT molecular complexity index is 95.1. The molecule has 0 radical (unpaired) electrons. The lowest BCUT2D eigenvalue weighted by molar-refractivity contribution is 0.447. The monoisotopic (exact) mass is 124 g/mol. The minimum absolute atomic E-state index is 0.704. The highest BCUT2D eigenvalue weighted by Gasteiger charge is 2.01. The molecule has 0 bridgehead atoms.